The number of rotatable bonds is 4. The lowest BCUT2D eigenvalue weighted by Gasteiger charge is -2.33. The number of benzene rings is 2. The molecule has 0 saturated heterocycles. The van der Waals surface area contributed by atoms with Crippen molar-refractivity contribution in [3.63, 3.8) is 0 Å². The zero-order valence-corrected chi connectivity index (χ0v) is 29.3. The van der Waals surface area contributed by atoms with Crippen LogP contribution in [-0.4, -0.2) is 39.9 Å². The number of anilines is 8. The maximum absolute atomic E-state index is 4.66. The minimum Gasteiger partial charge on any atom is -0.288 e. The zero-order valence-electron chi connectivity index (χ0n) is 29.3. The van der Waals surface area contributed by atoms with E-state index in [9.17, 15) is 0 Å². The molecular formula is C38H36N12. The van der Waals surface area contributed by atoms with Gasteiger partial charge in [-0.05, 0) is 102 Å². The van der Waals surface area contributed by atoms with Gasteiger partial charge in [-0.1, -0.05) is 0 Å². The highest BCUT2D eigenvalue weighted by Crippen LogP contribution is 2.57. The van der Waals surface area contributed by atoms with Crippen LogP contribution < -0.4 is 19.6 Å². The van der Waals surface area contributed by atoms with Crippen molar-refractivity contribution in [3.8, 4) is 0 Å². The van der Waals surface area contributed by atoms with E-state index in [1.807, 2.05) is 77.3 Å². The topological polar surface area (TPSA) is 116 Å². The van der Waals surface area contributed by atoms with Crippen LogP contribution in [0.25, 0.3) is 0 Å². The molecule has 0 saturated carbocycles. The highest BCUT2D eigenvalue weighted by Gasteiger charge is 2.45. The summed E-state index contributed by atoms with van der Waals surface area (Å²) < 4.78 is 0. The van der Waals surface area contributed by atoms with Crippen molar-refractivity contribution >= 4 is 45.5 Å². The van der Waals surface area contributed by atoms with Crippen molar-refractivity contribution in [2.75, 3.05) is 19.6 Å². The van der Waals surface area contributed by atoms with E-state index in [-0.39, 0.29) is 0 Å². The van der Waals surface area contributed by atoms with Crippen LogP contribution in [0.15, 0.2) is 85.5 Å². The summed E-state index contributed by atoms with van der Waals surface area (Å²) in [5.74, 6) is 4.34. The fraction of sp³-hybridized carbons (Fsp3) is 0.211. The maximum atomic E-state index is 4.66. The van der Waals surface area contributed by atoms with Crippen LogP contribution in [-0.2, 0) is 0 Å². The molecule has 12 heteroatoms. The molecule has 0 bridgehead atoms. The van der Waals surface area contributed by atoms with Gasteiger partial charge in [0.1, 0.15) is 23.3 Å². The Morgan fingerprint density at radius 1 is 0.300 bits per heavy atom. The van der Waals surface area contributed by atoms with Crippen molar-refractivity contribution in [2.24, 2.45) is 0 Å². The van der Waals surface area contributed by atoms with Crippen LogP contribution in [0.5, 0.6) is 0 Å². The average molecular weight is 661 g/mol. The molecular weight excluding hydrogens is 625 g/mol. The average Bonchev–Trinajstić information content (AvgIpc) is 3.58. The summed E-state index contributed by atoms with van der Waals surface area (Å²) in [6, 6.07) is 8.87. The first-order valence-electron chi connectivity index (χ1n) is 16.4. The molecule has 248 valence electrons. The normalized spacial score (nSPS) is 13.8. The summed E-state index contributed by atoms with van der Waals surface area (Å²) >= 11 is 0. The molecule has 0 unspecified atom stereocenters. The van der Waals surface area contributed by atoms with E-state index in [2.05, 4.69) is 111 Å². The summed E-state index contributed by atoms with van der Waals surface area (Å²) in [5, 5.41) is 0. The van der Waals surface area contributed by atoms with E-state index in [0.717, 1.165) is 79.4 Å². The van der Waals surface area contributed by atoms with Gasteiger partial charge in [0.25, 0.3) is 0 Å². The standard InChI is InChI=1S/C38H36N12/c1-21-9-33-34(10-22(21)2)48(30-15-41-26(6)42-16-30)37(47(33)29-13-39-25(5)40-14-29)38-49(31-17-43-27(7)44-18-31)35-11-23(3)24(4)12-36(35)50(38)32-19-45-28(8)46-20-32/h9-20H,1-8H3. The summed E-state index contributed by atoms with van der Waals surface area (Å²) in [6.07, 6.45) is 14.9. The number of aromatic nitrogens is 8. The number of hydrogen-bond acceptors (Lipinski definition) is 12. The molecule has 2 aliphatic rings. The summed E-state index contributed by atoms with van der Waals surface area (Å²) in [6.45, 7) is 16.1. The van der Waals surface area contributed by atoms with Crippen LogP contribution in [0.3, 0.4) is 0 Å². The first-order valence-corrected chi connectivity index (χ1v) is 16.4. The van der Waals surface area contributed by atoms with Gasteiger partial charge in [-0.3, -0.25) is 19.6 Å². The summed E-state index contributed by atoms with van der Waals surface area (Å²) in [5.41, 5.74) is 11.6. The molecule has 4 aromatic heterocycles. The van der Waals surface area contributed by atoms with Crippen molar-refractivity contribution in [1.82, 2.24) is 39.9 Å². The zero-order chi connectivity index (χ0) is 34.8. The Balaban J connectivity index is 1.56. The van der Waals surface area contributed by atoms with E-state index >= 15 is 0 Å². The van der Waals surface area contributed by atoms with Gasteiger partial charge >= 0.3 is 0 Å². The Morgan fingerprint density at radius 3 is 0.660 bits per heavy atom. The second kappa shape index (κ2) is 11.7. The van der Waals surface area contributed by atoms with Gasteiger partial charge in [0.2, 0.25) is 0 Å². The molecule has 0 aliphatic carbocycles. The van der Waals surface area contributed by atoms with Crippen LogP contribution in [0.2, 0.25) is 0 Å². The van der Waals surface area contributed by atoms with Crippen molar-refractivity contribution in [3.05, 3.63) is 131 Å². The molecule has 0 radical (unpaired) electrons. The van der Waals surface area contributed by atoms with Crippen molar-refractivity contribution < 1.29 is 0 Å². The Bertz CT molecular complexity index is 1970. The third kappa shape index (κ3) is 4.99. The summed E-state index contributed by atoms with van der Waals surface area (Å²) in [7, 11) is 0. The lowest BCUT2D eigenvalue weighted by atomic mass is 10.1. The molecule has 12 nitrogen and oxygen atoms in total. The van der Waals surface area contributed by atoms with Gasteiger partial charge in [0.05, 0.1) is 95.1 Å². The number of hydrogen-bond donors (Lipinski definition) is 0. The van der Waals surface area contributed by atoms with E-state index < -0.39 is 0 Å². The maximum Gasteiger partial charge on any atom is 0.166 e. The minimum atomic E-state index is 0.683. The molecule has 8 rings (SSSR count). The monoisotopic (exact) mass is 660 g/mol. The van der Waals surface area contributed by atoms with Crippen LogP contribution in [0.1, 0.15) is 45.6 Å². The highest BCUT2D eigenvalue weighted by molar-refractivity contribution is 6.00. The second-order valence-corrected chi connectivity index (χ2v) is 12.8. The van der Waals surface area contributed by atoms with E-state index in [4.69, 9.17) is 0 Å². The molecule has 0 fully saturated rings. The van der Waals surface area contributed by atoms with Crippen molar-refractivity contribution in [1.29, 1.82) is 0 Å². The number of fused-ring (bicyclic) bond motifs is 2. The Labute approximate surface area is 290 Å². The molecule has 0 spiro atoms. The predicted octanol–water partition coefficient (Wildman–Crippen LogP) is 7.72. The third-order valence-corrected chi connectivity index (χ3v) is 9.29. The molecule has 0 amide bonds. The fourth-order valence-electron chi connectivity index (χ4n) is 6.39. The van der Waals surface area contributed by atoms with Crippen LogP contribution in [0.4, 0.5) is 45.5 Å². The first-order chi connectivity index (χ1) is 24.1. The molecule has 0 atom stereocenters. The number of aryl methyl sites for hydroxylation is 8. The minimum absolute atomic E-state index is 0.683. The van der Waals surface area contributed by atoms with Crippen LogP contribution in [0, 0.1) is 55.4 Å². The van der Waals surface area contributed by atoms with Gasteiger partial charge in [-0.25, -0.2) is 39.9 Å². The van der Waals surface area contributed by atoms with Gasteiger partial charge in [0, 0.05) is 0 Å². The van der Waals surface area contributed by atoms with Gasteiger partial charge in [-0.15, -0.1) is 0 Å². The SMILES string of the molecule is Cc1ncc(N2C(=C3N(c4cnc(C)nc4)c4cc(C)c(C)cc4N3c3cnc(C)nc3)N(c3cnc(C)nc3)c3cc(C)c(C)cc32)cn1. The Morgan fingerprint density at radius 2 is 0.480 bits per heavy atom. The van der Waals surface area contributed by atoms with E-state index in [1.165, 1.54) is 0 Å². The van der Waals surface area contributed by atoms with Gasteiger partial charge < -0.3 is 0 Å². The second-order valence-electron chi connectivity index (χ2n) is 12.8. The summed E-state index contributed by atoms with van der Waals surface area (Å²) in [4.78, 5) is 46.1. The molecule has 6 aromatic rings. The first kappa shape index (κ1) is 31.0. The predicted molar refractivity (Wildman–Crippen MR) is 194 cm³/mol. The smallest absolute Gasteiger partial charge is 0.166 e. The molecule has 6 heterocycles. The fourth-order valence-corrected chi connectivity index (χ4v) is 6.39. The molecule has 50 heavy (non-hydrogen) atoms. The Kier molecular flexibility index (Phi) is 7.25. The van der Waals surface area contributed by atoms with Crippen LogP contribution >= 0.6 is 0 Å². The largest absolute Gasteiger partial charge is 0.288 e. The Hall–Kier alpha value is -6.30. The molecule has 2 aliphatic heterocycles. The lowest BCUT2D eigenvalue weighted by molar-refractivity contribution is 0.956. The third-order valence-electron chi connectivity index (χ3n) is 9.29. The van der Waals surface area contributed by atoms with E-state index in [1.54, 1.807) is 0 Å². The molecule has 2 aromatic carbocycles. The lowest BCUT2D eigenvalue weighted by Crippen LogP contribution is -2.34. The molecule has 0 N–H and O–H groups in total. The van der Waals surface area contributed by atoms with Gasteiger partial charge in [0.15, 0.2) is 11.6 Å². The van der Waals surface area contributed by atoms with Gasteiger partial charge in [-0.2, -0.15) is 0 Å². The highest BCUT2D eigenvalue weighted by atomic mass is 15.5. The quantitative estimate of drug-likeness (QED) is 0.184. The van der Waals surface area contributed by atoms with Crippen molar-refractivity contribution in [2.45, 2.75) is 55.4 Å². The van der Waals surface area contributed by atoms with E-state index in [0.29, 0.717) is 23.3 Å². The number of nitrogens with zero attached hydrogens (tertiary/aromatic N) is 12.